The van der Waals surface area contributed by atoms with Gasteiger partial charge < -0.3 is 25.4 Å². The number of aliphatic hydroxyl groups excluding tert-OH is 2. The summed E-state index contributed by atoms with van der Waals surface area (Å²) in [5, 5.41) is 31.1. The average molecular weight is 645 g/mol. The molecule has 2 aromatic carbocycles. The molecule has 3 atom stereocenters. The van der Waals surface area contributed by atoms with E-state index in [0.717, 1.165) is 18.6 Å². The molecular weight excluding hydrogens is 600 g/mol. The number of likely N-dealkylation sites (tertiary alicyclic amines) is 1. The zero-order chi connectivity index (χ0) is 32.7. The summed E-state index contributed by atoms with van der Waals surface area (Å²) in [5.41, 5.74) is 1.14. The summed E-state index contributed by atoms with van der Waals surface area (Å²) in [4.78, 5) is 35.9. The highest BCUT2D eigenvalue weighted by Gasteiger charge is 2.38. The molecule has 0 aromatic heterocycles. The first-order valence-corrected chi connectivity index (χ1v) is 14.5. The van der Waals surface area contributed by atoms with Crippen LogP contribution >= 0.6 is 0 Å². The summed E-state index contributed by atoms with van der Waals surface area (Å²) in [5.74, 6) is -2.68. The van der Waals surface area contributed by atoms with Crippen molar-refractivity contribution in [3.8, 4) is 5.75 Å². The van der Waals surface area contributed by atoms with Crippen molar-refractivity contribution < 1.29 is 52.0 Å². The van der Waals surface area contributed by atoms with Gasteiger partial charge in [-0.25, -0.2) is 9.18 Å². The molecule has 0 saturated carbocycles. The molecule has 1 fully saturated rings. The number of carboxylic acid groups (broad SMARTS) is 1. The number of carbonyl (C=O) groups excluding carboxylic acids is 2. The number of aliphatic carboxylic acids is 1. The predicted molar refractivity (Wildman–Crippen MR) is 160 cm³/mol. The lowest BCUT2D eigenvalue weighted by Gasteiger charge is -2.29. The fourth-order valence-corrected chi connectivity index (χ4v) is 4.44. The largest absolute Gasteiger partial charge is 0.494 e. The SMILES string of the molecule is C.CCCCOc1ccc([C@@H](O)[C@@H](CN2CC[C@H](O)C2)NC(=O)CCCCC(=O)c2ccc(F)cc2)cc1.O=C(O)C(F)(F)F. The van der Waals surface area contributed by atoms with Crippen molar-refractivity contribution in [2.24, 2.45) is 0 Å². The number of ether oxygens (including phenoxy) is 1. The molecule has 1 amide bonds. The maximum absolute atomic E-state index is 13.0. The van der Waals surface area contributed by atoms with Crippen LogP contribution < -0.4 is 10.1 Å². The van der Waals surface area contributed by atoms with E-state index in [2.05, 4.69) is 12.2 Å². The highest BCUT2D eigenvalue weighted by atomic mass is 19.4. The molecule has 1 aliphatic heterocycles. The Morgan fingerprint density at radius 3 is 2.16 bits per heavy atom. The molecule has 1 saturated heterocycles. The number of unbranched alkanes of at least 4 members (excludes halogenated alkanes) is 2. The van der Waals surface area contributed by atoms with E-state index in [-0.39, 0.29) is 37.8 Å². The number of halogens is 4. The van der Waals surface area contributed by atoms with E-state index in [9.17, 15) is 37.4 Å². The Hall–Kier alpha value is -3.55. The number of alkyl halides is 3. The third-order valence-corrected chi connectivity index (χ3v) is 6.88. The van der Waals surface area contributed by atoms with Crippen molar-refractivity contribution in [1.82, 2.24) is 10.2 Å². The Balaban J connectivity index is 0.00000113. The first kappa shape index (κ1) is 39.5. The lowest BCUT2D eigenvalue weighted by atomic mass is 10.0. The number of hydrogen-bond donors (Lipinski definition) is 4. The standard InChI is InChI=1S/C29H39FN2O5.C2HF3O2.CH4/c1-2-3-18-37-25-14-10-22(11-15-25)29(36)26(20-32-17-16-24(33)19-32)31-28(35)7-5-4-6-27(34)21-8-12-23(30)13-9-21;3-2(4,5)1(6)7;/h8-15,24,26,29,33,36H,2-7,16-20H2,1H3,(H,31,35);(H,6,7);1H4/t24-,26+,29+;;/m0../s1. The molecule has 252 valence electrons. The summed E-state index contributed by atoms with van der Waals surface area (Å²) in [6.07, 6.45) is -2.14. The Kier molecular flexibility index (Phi) is 17.3. The van der Waals surface area contributed by atoms with Crippen LogP contribution in [0.15, 0.2) is 48.5 Å². The third kappa shape index (κ3) is 14.9. The van der Waals surface area contributed by atoms with Gasteiger partial charge in [0, 0.05) is 38.0 Å². The summed E-state index contributed by atoms with van der Waals surface area (Å²) >= 11 is 0. The average Bonchev–Trinajstić information content (AvgIpc) is 3.39. The molecule has 0 spiro atoms. The van der Waals surface area contributed by atoms with Crippen molar-refractivity contribution in [3.63, 3.8) is 0 Å². The van der Waals surface area contributed by atoms with Gasteiger partial charge in [0.2, 0.25) is 5.91 Å². The van der Waals surface area contributed by atoms with Gasteiger partial charge in [-0.05, 0) is 67.6 Å². The summed E-state index contributed by atoms with van der Waals surface area (Å²) in [7, 11) is 0. The van der Waals surface area contributed by atoms with Gasteiger partial charge in [-0.1, -0.05) is 32.9 Å². The van der Waals surface area contributed by atoms with Crippen LogP contribution in [-0.4, -0.2) is 82.4 Å². The van der Waals surface area contributed by atoms with Gasteiger partial charge >= 0.3 is 12.1 Å². The van der Waals surface area contributed by atoms with Crippen LogP contribution in [0.3, 0.4) is 0 Å². The van der Waals surface area contributed by atoms with E-state index >= 15 is 0 Å². The van der Waals surface area contributed by atoms with Gasteiger partial charge in [-0.15, -0.1) is 0 Å². The first-order chi connectivity index (χ1) is 20.8. The maximum Gasteiger partial charge on any atom is 0.490 e. The van der Waals surface area contributed by atoms with E-state index < -0.39 is 30.4 Å². The van der Waals surface area contributed by atoms with Crippen LogP contribution in [0.25, 0.3) is 0 Å². The number of aliphatic hydroxyl groups is 2. The summed E-state index contributed by atoms with van der Waals surface area (Å²) in [6.45, 7) is 4.38. The number of hydrogen-bond acceptors (Lipinski definition) is 7. The van der Waals surface area contributed by atoms with Gasteiger partial charge in [-0.2, -0.15) is 13.2 Å². The predicted octanol–water partition coefficient (Wildman–Crippen LogP) is 5.30. The Labute approximate surface area is 261 Å². The minimum atomic E-state index is -5.08. The molecular formula is C32H44F4N2O7. The molecule has 1 heterocycles. The Morgan fingerprint density at radius 1 is 1.02 bits per heavy atom. The molecule has 13 heteroatoms. The number of carbonyl (C=O) groups is 3. The van der Waals surface area contributed by atoms with Crippen molar-refractivity contribution in [2.75, 3.05) is 26.2 Å². The second kappa shape index (κ2) is 19.8. The lowest BCUT2D eigenvalue weighted by molar-refractivity contribution is -0.192. The van der Waals surface area contributed by atoms with Gasteiger partial charge in [0.25, 0.3) is 0 Å². The van der Waals surface area contributed by atoms with Gasteiger partial charge in [0.15, 0.2) is 5.78 Å². The second-order valence-electron chi connectivity index (χ2n) is 10.5. The van der Waals surface area contributed by atoms with E-state index in [1.807, 2.05) is 29.2 Å². The minimum absolute atomic E-state index is 0. The number of nitrogens with one attached hydrogen (secondary N) is 1. The smallest absolute Gasteiger partial charge is 0.490 e. The van der Waals surface area contributed by atoms with Gasteiger partial charge in [0.05, 0.1) is 18.8 Å². The van der Waals surface area contributed by atoms with Crippen LogP contribution in [0.5, 0.6) is 5.75 Å². The van der Waals surface area contributed by atoms with E-state index in [1.54, 1.807) is 0 Å². The lowest BCUT2D eigenvalue weighted by Crippen LogP contribution is -2.47. The topological polar surface area (TPSA) is 136 Å². The molecule has 0 unspecified atom stereocenters. The molecule has 3 rings (SSSR count). The summed E-state index contributed by atoms with van der Waals surface area (Å²) < 4.78 is 50.5. The van der Waals surface area contributed by atoms with Crippen molar-refractivity contribution in [1.29, 1.82) is 0 Å². The highest BCUT2D eigenvalue weighted by Crippen LogP contribution is 2.23. The first-order valence-electron chi connectivity index (χ1n) is 14.5. The number of Topliss-reactive ketones (excluding diaryl/α,β-unsaturated/α-hetero) is 1. The Bertz CT molecular complexity index is 1180. The van der Waals surface area contributed by atoms with Crippen LogP contribution in [0, 0.1) is 5.82 Å². The molecule has 1 aliphatic rings. The molecule has 4 N–H and O–H groups in total. The number of benzene rings is 2. The van der Waals surface area contributed by atoms with E-state index in [0.29, 0.717) is 56.6 Å². The normalized spacial score (nSPS) is 16.0. The van der Waals surface area contributed by atoms with Gasteiger partial charge in [0.1, 0.15) is 17.7 Å². The Morgan fingerprint density at radius 2 is 1.62 bits per heavy atom. The fourth-order valence-electron chi connectivity index (χ4n) is 4.44. The molecule has 0 aliphatic carbocycles. The zero-order valence-corrected chi connectivity index (χ0v) is 24.6. The zero-order valence-electron chi connectivity index (χ0n) is 24.6. The molecule has 0 bridgehead atoms. The highest BCUT2D eigenvalue weighted by molar-refractivity contribution is 5.96. The monoisotopic (exact) mass is 644 g/mol. The van der Waals surface area contributed by atoms with Crippen LogP contribution in [-0.2, 0) is 9.59 Å². The van der Waals surface area contributed by atoms with Crippen molar-refractivity contribution in [2.45, 2.75) is 83.7 Å². The van der Waals surface area contributed by atoms with Crippen molar-refractivity contribution in [3.05, 3.63) is 65.5 Å². The van der Waals surface area contributed by atoms with E-state index in [1.165, 1.54) is 24.3 Å². The summed E-state index contributed by atoms with van der Waals surface area (Å²) in [6, 6.07) is 12.2. The molecule has 0 radical (unpaired) electrons. The molecule has 45 heavy (non-hydrogen) atoms. The number of β-amino-alcohol motifs (C(OH)–C–C–N with tert-alkyl or cyclic N) is 1. The fraction of sp³-hybridized carbons (Fsp3) is 0.531. The van der Waals surface area contributed by atoms with E-state index in [4.69, 9.17) is 14.6 Å². The molecule has 2 aromatic rings. The number of nitrogens with zero attached hydrogens (tertiary/aromatic N) is 1. The van der Waals surface area contributed by atoms with Gasteiger partial charge in [-0.3, -0.25) is 14.5 Å². The second-order valence-corrected chi connectivity index (χ2v) is 10.5. The van der Waals surface area contributed by atoms with Crippen LogP contribution in [0.4, 0.5) is 17.6 Å². The molecule has 9 nitrogen and oxygen atoms in total. The van der Waals surface area contributed by atoms with Crippen molar-refractivity contribution >= 4 is 17.7 Å². The maximum atomic E-state index is 13.0. The quantitative estimate of drug-likeness (QED) is 0.117. The van der Waals surface area contributed by atoms with Crippen LogP contribution in [0.1, 0.15) is 81.3 Å². The number of amides is 1. The van der Waals surface area contributed by atoms with Crippen LogP contribution in [0.2, 0.25) is 0 Å². The third-order valence-electron chi connectivity index (χ3n) is 6.88. The number of carboxylic acids is 1. The number of rotatable bonds is 15. The minimum Gasteiger partial charge on any atom is -0.494 e. The number of ketones is 1.